The van der Waals surface area contributed by atoms with Crippen LogP contribution in [-0.4, -0.2) is 50.6 Å². The molecular formula is C16H18N4O4S. The highest BCUT2D eigenvalue weighted by Gasteiger charge is 2.26. The average molecular weight is 362 g/mol. The maximum Gasteiger partial charge on any atom is 0.243 e. The standard InChI is InChI=1S/C16H18N4O4S/c1-2-18-16-14(11-17)19-15(24-16)12-3-5-13(6-4-12)25(21,22)20-7-9-23-10-8-20/h3-6,18H,2,7-10H2,1H3. The lowest BCUT2D eigenvalue weighted by Crippen LogP contribution is -2.40. The second-order valence-corrected chi connectivity index (χ2v) is 7.32. The van der Waals surface area contributed by atoms with Gasteiger partial charge in [-0.1, -0.05) is 0 Å². The average Bonchev–Trinajstić information content (AvgIpc) is 3.06. The third-order valence-electron chi connectivity index (χ3n) is 3.78. The maximum atomic E-state index is 12.6. The lowest BCUT2D eigenvalue weighted by molar-refractivity contribution is 0.0730. The Balaban J connectivity index is 1.86. The summed E-state index contributed by atoms with van der Waals surface area (Å²) in [6, 6.07) is 8.24. The first-order chi connectivity index (χ1) is 12.1. The molecule has 0 unspecified atom stereocenters. The predicted molar refractivity (Wildman–Crippen MR) is 90.4 cm³/mol. The van der Waals surface area contributed by atoms with Crippen LogP contribution in [0.1, 0.15) is 12.6 Å². The second-order valence-electron chi connectivity index (χ2n) is 5.38. The van der Waals surface area contributed by atoms with Crippen LogP contribution in [0.4, 0.5) is 5.88 Å². The lowest BCUT2D eigenvalue weighted by atomic mass is 10.2. The Morgan fingerprint density at radius 2 is 1.96 bits per heavy atom. The van der Waals surface area contributed by atoms with Crippen LogP contribution in [0.25, 0.3) is 11.5 Å². The normalized spacial score (nSPS) is 15.7. The summed E-state index contributed by atoms with van der Waals surface area (Å²) in [5.74, 6) is 0.577. The zero-order chi connectivity index (χ0) is 17.9. The van der Waals surface area contributed by atoms with Crippen molar-refractivity contribution in [1.82, 2.24) is 9.29 Å². The molecule has 25 heavy (non-hydrogen) atoms. The van der Waals surface area contributed by atoms with Gasteiger partial charge in [0.15, 0.2) is 0 Å². The van der Waals surface area contributed by atoms with Crippen LogP contribution in [0.2, 0.25) is 0 Å². The highest BCUT2D eigenvalue weighted by molar-refractivity contribution is 7.89. The van der Waals surface area contributed by atoms with E-state index in [9.17, 15) is 8.42 Å². The molecule has 132 valence electrons. The summed E-state index contributed by atoms with van der Waals surface area (Å²) in [4.78, 5) is 4.34. The number of nitrogens with one attached hydrogen (secondary N) is 1. The number of benzene rings is 1. The molecule has 1 fully saturated rings. The molecule has 9 heteroatoms. The fourth-order valence-electron chi connectivity index (χ4n) is 2.51. The largest absolute Gasteiger partial charge is 0.419 e. The minimum absolute atomic E-state index is 0.168. The van der Waals surface area contributed by atoms with E-state index < -0.39 is 10.0 Å². The summed E-state index contributed by atoms with van der Waals surface area (Å²) < 4.78 is 37.4. The Bertz CT molecular complexity index is 878. The summed E-state index contributed by atoms with van der Waals surface area (Å²) in [7, 11) is -3.54. The van der Waals surface area contributed by atoms with Gasteiger partial charge in [0.1, 0.15) is 6.07 Å². The van der Waals surface area contributed by atoms with Crippen molar-refractivity contribution in [3.05, 3.63) is 30.0 Å². The molecule has 2 heterocycles. The van der Waals surface area contributed by atoms with Gasteiger partial charge in [0.05, 0.1) is 18.1 Å². The van der Waals surface area contributed by atoms with Gasteiger partial charge in [-0.15, -0.1) is 0 Å². The molecule has 3 rings (SSSR count). The number of nitriles is 1. The van der Waals surface area contributed by atoms with Crippen LogP contribution in [0.3, 0.4) is 0 Å². The molecule has 1 aromatic carbocycles. The summed E-state index contributed by atoms with van der Waals surface area (Å²) in [6.45, 7) is 3.98. The predicted octanol–water partition coefficient (Wildman–Crippen LogP) is 1.67. The number of oxazole rings is 1. The number of nitrogens with zero attached hydrogens (tertiary/aromatic N) is 3. The van der Waals surface area contributed by atoms with E-state index in [4.69, 9.17) is 14.4 Å². The molecule has 8 nitrogen and oxygen atoms in total. The lowest BCUT2D eigenvalue weighted by Gasteiger charge is -2.26. The minimum atomic E-state index is -3.54. The Hall–Kier alpha value is -2.41. The molecule has 0 radical (unpaired) electrons. The third-order valence-corrected chi connectivity index (χ3v) is 5.69. The summed E-state index contributed by atoms with van der Waals surface area (Å²) in [5, 5.41) is 12.0. The van der Waals surface area contributed by atoms with Gasteiger partial charge < -0.3 is 14.5 Å². The van der Waals surface area contributed by atoms with Gasteiger partial charge in [-0.25, -0.2) is 8.42 Å². The molecular weight excluding hydrogens is 344 g/mol. The van der Waals surface area contributed by atoms with Crippen LogP contribution in [0, 0.1) is 11.3 Å². The molecule has 2 aromatic rings. The van der Waals surface area contributed by atoms with Gasteiger partial charge in [0.2, 0.25) is 27.5 Å². The van der Waals surface area contributed by atoms with E-state index in [0.717, 1.165) is 0 Å². The van der Waals surface area contributed by atoms with Crippen LogP contribution in [0.5, 0.6) is 0 Å². The topological polar surface area (TPSA) is 108 Å². The summed E-state index contributed by atoms with van der Waals surface area (Å²) >= 11 is 0. The van der Waals surface area contributed by atoms with E-state index >= 15 is 0 Å². The number of hydrogen-bond acceptors (Lipinski definition) is 7. The van der Waals surface area contributed by atoms with Crippen molar-refractivity contribution >= 4 is 15.9 Å². The highest BCUT2D eigenvalue weighted by Crippen LogP contribution is 2.27. The molecule has 0 bridgehead atoms. The second kappa shape index (κ2) is 7.23. The quantitative estimate of drug-likeness (QED) is 0.861. The maximum absolute atomic E-state index is 12.6. The van der Waals surface area contributed by atoms with Crippen LogP contribution >= 0.6 is 0 Å². The molecule has 1 N–H and O–H groups in total. The van der Waals surface area contributed by atoms with Crippen molar-refractivity contribution in [2.75, 3.05) is 38.2 Å². The number of anilines is 1. The smallest absolute Gasteiger partial charge is 0.243 e. The van der Waals surface area contributed by atoms with Crippen molar-refractivity contribution in [2.45, 2.75) is 11.8 Å². The van der Waals surface area contributed by atoms with Gasteiger partial charge in [0.25, 0.3) is 0 Å². The summed E-state index contributed by atoms with van der Waals surface area (Å²) in [6.07, 6.45) is 0. The fraction of sp³-hybridized carbons (Fsp3) is 0.375. The van der Waals surface area contributed by atoms with E-state index in [1.54, 1.807) is 12.1 Å². The van der Waals surface area contributed by atoms with Crippen molar-refractivity contribution in [1.29, 1.82) is 5.26 Å². The third kappa shape index (κ3) is 3.51. The minimum Gasteiger partial charge on any atom is -0.419 e. The van der Waals surface area contributed by atoms with E-state index in [0.29, 0.717) is 44.3 Å². The number of sulfonamides is 1. The van der Waals surface area contributed by atoms with E-state index in [-0.39, 0.29) is 16.5 Å². The molecule has 0 spiro atoms. The Morgan fingerprint density at radius 3 is 2.56 bits per heavy atom. The molecule has 1 saturated heterocycles. The first-order valence-corrected chi connectivity index (χ1v) is 9.33. The molecule has 1 aliphatic heterocycles. The Kier molecular flexibility index (Phi) is 5.03. The van der Waals surface area contributed by atoms with E-state index in [2.05, 4.69) is 10.3 Å². The van der Waals surface area contributed by atoms with Crippen LogP contribution < -0.4 is 5.32 Å². The fourth-order valence-corrected chi connectivity index (χ4v) is 3.91. The molecule has 1 aliphatic rings. The molecule has 1 aromatic heterocycles. The number of ether oxygens (including phenoxy) is 1. The number of hydrogen-bond donors (Lipinski definition) is 1. The van der Waals surface area contributed by atoms with Gasteiger partial charge in [-0.2, -0.15) is 14.6 Å². The van der Waals surface area contributed by atoms with E-state index in [1.807, 2.05) is 13.0 Å². The van der Waals surface area contributed by atoms with Crippen molar-refractivity contribution in [3.63, 3.8) is 0 Å². The monoisotopic (exact) mass is 362 g/mol. The molecule has 0 atom stereocenters. The van der Waals surface area contributed by atoms with Crippen molar-refractivity contribution < 1.29 is 17.6 Å². The SMILES string of the molecule is CCNc1oc(-c2ccc(S(=O)(=O)N3CCOCC3)cc2)nc1C#N. The first-order valence-electron chi connectivity index (χ1n) is 7.89. The van der Waals surface area contributed by atoms with Gasteiger partial charge in [0, 0.05) is 25.2 Å². The van der Waals surface area contributed by atoms with Crippen molar-refractivity contribution in [3.8, 4) is 17.5 Å². The van der Waals surface area contributed by atoms with Gasteiger partial charge in [-0.3, -0.25) is 0 Å². The van der Waals surface area contributed by atoms with Gasteiger partial charge >= 0.3 is 0 Å². The number of morpholine rings is 1. The number of aromatic nitrogens is 1. The van der Waals surface area contributed by atoms with Crippen molar-refractivity contribution in [2.24, 2.45) is 0 Å². The van der Waals surface area contributed by atoms with Gasteiger partial charge in [-0.05, 0) is 31.2 Å². The first kappa shape index (κ1) is 17.4. The molecule has 0 amide bonds. The zero-order valence-electron chi connectivity index (χ0n) is 13.7. The van der Waals surface area contributed by atoms with E-state index in [1.165, 1.54) is 16.4 Å². The Labute approximate surface area is 146 Å². The highest BCUT2D eigenvalue weighted by atomic mass is 32.2. The molecule has 0 aliphatic carbocycles. The number of rotatable bonds is 5. The van der Waals surface area contributed by atoms with Crippen LogP contribution in [0.15, 0.2) is 33.6 Å². The zero-order valence-corrected chi connectivity index (χ0v) is 14.5. The Morgan fingerprint density at radius 1 is 1.28 bits per heavy atom. The molecule has 0 saturated carbocycles. The van der Waals surface area contributed by atoms with Crippen LogP contribution in [-0.2, 0) is 14.8 Å². The summed E-state index contributed by atoms with van der Waals surface area (Å²) in [5.41, 5.74) is 0.767.